The maximum Gasteiger partial charge on any atom is 0.129 e. The van der Waals surface area contributed by atoms with Crippen molar-refractivity contribution in [1.29, 1.82) is 0 Å². The van der Waals surface area contributed by atoms with Gasteiger partial charge < -0.3 is 5.32 Å². The summed E-state index contributed by atoms with van der Waals surface area (Å²) in [5.41, 5.74) is 0. The first kappa shape index (κ1) is 13.9. The monoisotopic (exact) mass is 235 g/mol. The third-order valence-corrected chi connectivity index (χ3v) is 2.92. The summed E-state index contributed by atoms with van der Waals surface area (Å²) in [5, 5.41) is 3.30. The zero-order valence-corrected chi connectivity index (χ0v) is 11.0. The fourth-order valence-electron chi connectivity index (χ4n) is 1.87. The summed E-state index contributed by atoms with van der Waals surface area (Å²) in [4.78, 5) is 8.01. The first-order valence-corrected chi connectivity index (χ1v) is 6.93. The van der Waals surface area contributed by atoms with Crippen LogP contribution in [-0.4, -0.2) is 16.5 Å². The molecule has 0 saturated heterocycles. The third-order valence-electron chi connectivity index (χ3n) is 2.92. The van der Waals surface area contributed by atoms with Gasteiger partial charge in [-0.2, -0.15) is 0 Å². The Balaban J connectivity index is 1.85. The van der Waals surface area contributed by atoms with Gasteiger partial charge in [-0.1, -0.05) is 51.9 Å². The highest BCUT2D eigenvalue weighted by Gasteiger charge is 1.93. The molecule has 0 aromatic carbocycles. The number of unbranched alkanes of at least 4 members (excludes halogenated alkanes) is 7. The topological polar surface area (TPSA) is 37.8 Å². The van der Waals surface area contributed by atoms with Crippen LogP contribution in [0, 0.1) is 0 Å². The quantitative estimate of drug-likeness (QED) is 0.622. The Labute approximate surface area is 105 Å². The van der Waals surface area contributed by atoms with Gasteiger partial charge in [0, 0.05) is 12.7 Å². The Morgan fingerprint density at radius 2 is 1.71 bits per heavy atom. The van der Waals surface area contributed by atoms with Crippen molar-refractivity contribution in [3.8, 4) is 0 Å². The minimum atomic E-state index is 0.933. The summed E-state index contributed by atoms with van der Waals surface area (Å²) in [6, 6.07) is 1.91. The fourth-order valence-corrected chi connectivity index (χ4v) is 1.87. The van der Waals surface area contributed by atoms with Crippen LogP contribution in [-0.2, 0) is 0 Å². The molecule has 0 saturated carbocycles. The van der Waals surface area contributed by atoms with E-state index in [1.165, 1.54) is 51.4 Å². The van der Waals surface area contributed by atoms with E-state index in [0.29, 0.717) is 0 Å². The van der Waals surface area contributed by atoms with Crippen molar-refractivity contribution in [3.05, 3.63) is 18.6 Å². The maximum atomic E-state index is 4.12. The summed E-state index contributed by atoms with van der Waals surface area (Å²) in [5.74, 6) is 0.933. The third kappa shape index (κ3) is 7.72. The van der Waals surface area contributed by atoms with E-state index in [1.807, 2.05) is 6.07 Å². The number of hydrogen-bond acceptors (Lipinski definition) is 3. The molecule has 1 heterocycles. The van der Waals surface area contributed by atoms with Crippen molar-refractivity contribution < 1.29 is 0 Å². The van der Waals surface area contributed by atoms with E-state index >= 15 is 0 Å². The molecular weight excluding hydrogens is 210 g/mol. The summed E-state index contributed by atoms with van der Waals surface area (Å²) < 4.78 is 0. The van der Waals surface area contributed by atoms with Crippen LogP contribution in [0.2, 0.25) is 0 Å². The van der Waals surface area contributed by atoms with E-state index in [-0.39, 0.29) is 0 Å². The highest BCUT2D eigenvalue weighted by Crippen LogP contribution is 2.08. The van der Waals surface area contributed by atoms with E-state index in [4.69, 9.17) is 0 Å². The van der Waals surface area contributed by atoms with E-state index in [2.05, 4.69) is 22.2 Å². The molecule has 17 heavy (non-hydrogen) atoms. The van der Waals surface area contributed by atoms with Gasteiger partial charge >= 0.3 is 0 Å². The zero-order valence-electron chi connectivity index (χ0n) is 11.0. The average molecular weight is 235 g/mol. The molecule has 0 bridgehead atoms. The SMILES string of the molecule is CCCCCCCCCCNc1ccncn1. The number of anilines is 1. The molecule has 1 N–H and O–H groups in total. The van der Waals surface area contributed by atoms with Gasteiger partial charge in [-0.05, 0) is 12.5 Å². The molecular formula is C14H25N3. The molecule has 0 aliphatic rings. The lowest BCUT2D eigenvalue weighted by atomic mass is 10.1. The zero-order chi connectivity index (χ0) is 12.2. The molecule has 1 rings (SSSR count). The largest absolute Gasteiger partial charge is 0.370 e. The Bertz CT molecular complexity index is 261. The second kappa shape index (κ2) is 10.1. The first-order valence-electron chi connectivity index (χ1n) is 6.93. The van der Waals surface area contributed by atoms with Crippen molar-refractivity contribution in [2.45, 2.75) is 58.3 Å². The van der Waals surface area contributed by atoms with Gasteiger partial charge in [0.1, 0.15) is 12.1 Å². The van der Waals surface area contributed by atoms with Crippen LogP contribution in [0.5, 0.6) is 0 Å². The highest BCUT2D eigenvalue weighted by atomic mass is 15.0. The number of aromatic nitrogens is 2. The molecule has 96 valence electrons. The Kier molecular flexibility index (Phi) is 8.25. The van der Waals surface area contributed by atoms with Crippen LogP contribution in [0.25, 0.3) is 0 Å². The Hall–Kier alpha value is -1.12. The summed E-state index contributed by atoms with van der Waals surface area (Å²) in [6.07, 6.45) is 14.2. The molecule has 1 aromatic rings. The molecule has 1 aromatic heterocycles. The van der Waals surface area contributed by atoms with Gasteiger partial charge in [0.05, 0.1) is 0 Å². The van der Waals surface area contributed by atoms with Gasteiger partial charge in [0.2, 0.25) is 0 Å². The lowest BCUT2D eigenvalue weighted by Crippen LogP contribution is -2.02. The van der Waals surface area contributed by atoms with E-state index < -0.39 is 0 Å². The lowest BCUT2D eigenvalue weighted by Gasteiger charge is -2.04. The lowest BCUT2D eigenvalue weighted by molar-refractivity contribution is 0.581. The normalized spacial score (nSPS) is 10.4. The molecule has 3 heteroatoms. The van der Waals surface area contributed by atoms with Gasteiger partial charge in [-0.15, -0.1) is 0 Å². The van der Waals surface area contributed by atoms with Crippen molar-refractivity contribution in [2.24, 2.45) is 0 Å². The number of nitrogens with zero attached hydrogens (tertiary/aromatic N) is 2. The smallest absolute Gasteiger partial charge is 0.129 e. The predicted octanol–water partition coefficient (Wildman–Crippen LogP) is 4.03. The van der Waals surface area contributed by atoms with Crippen molar-refractivity contribution in [1.82, 2.24) is 9.97 Å². The number of nitrogens with one attached hydrogen (secondary N) is 1. The van der Waals surface area contributed by atoms with Crippen LogP contribution in [0.1, 0.15) is 58.3 Å². The van der Waals surface area contributed by atoms with E-state index in [0.717, 1.165) is 12.4 Å². The van der Waals surface area contributed by atoms with E-state index in [9.17, 15) is 0 Å². The molecule has 3 nitrogen and oxygen atoms in total. The molecule has 0 unspecified atom stereocenters. The van der Waals surface area contributed by atoms with Crippen LogP contribution >= 0.6 is 0 Å². The standard InChI is InChI=1S/C14H25N3/c1-2-3-4-5-6-7-8-9-11-16-14-10-12-15-13-17-14/h10,12-13H,2-9,11H2,1H3,(H,15,16,17). The van der Waals surface area contributed by atoms with Crippen LogP contribution in [0.4, 0.5) is 5.82 Å². The van der Waals surface area contributed by atoms with Crippen LogP contribution < -0.4 is 5.32 Å². The van der Waals surface area contributed by atoms with E-state index in [1.54, 1.807) is 12.5 Å². The van der Waals surface area contributed by atoms with Crippen LogP contribution in [0.3, 0.4) is 0 Å². The van der Waals surface area contributed by atoms with Crippen LogP contribution in [0.15, 0.2) is 18.6 Å². The Morgan fingerprint density at radius 1 is 1.00 bits per heavy atom. The van der Waals surface area contributed by atoms with Gasteiger partial charge in [-0.3, -0.25) is 0 Å². The highest BCUT2D eigenvalue weighted by molar-refractivity contribution is 5.30. The molecule has 0 aliphatic heterocycles. The number of rotatable bonds is 10. The number of hydrogen-bond donors (Lipinski definition) is 1. The average Bonchev–Trinajstić information content (AvgIpc) is 2.38. The molecule has 0 fully saturated rings. The minimum Gasteiger partial charge on any atom is -0.370 e. The van der Waals surface area contributed by atoms with Crippen molar-refractivity contribution >= 4 is 5.82 Å². The van der Waals surface area contributed by atoms with Gasteiger partial charge in [0.25, 0.3) is 0 Å². The summed E-state index contributed by atoms with van der Waals surface area (Å²) in [6.45, 7) is 3.28. The maximum absolute atomic E-state index is 4.12. The van der Waals surface area contributed by atoms with Crippen molar-refractivity contribution in [2.75, 3.05) is 11.9 Å². The molecule has 0 radical (unpaired) electrons. The Morgan fingerprint density at radius 3 is 2.35 bits per heavy atom. The summed E-state index contributed by atoms with van der Waals surface area (Å²) in [7, 11) is 0. The molecule has 0 spiro atoms. The predicted molar refractivity (Wildman–Crippen MR) is 73.1 cm³/mol. The fraction of sp³-hybridized carbons (Fsp3) is 0.714. The molecule has 0 aliphatic carbocycles. The second-order valence-corrected chi connectivity index (χ2v) is 4.50. The van der Waals surface area contributed by atoms with Gasteiger partial charge in [-0.25, -0.2) is 9.97 Å². The van der Waals surface area contributed by atoms with Gasteiger partial charge in [0.15, 0.2) is 0 Å². The first-order chi connectivity index (χ1) is 8.43. The second-order valence-electron chi connectivity index (χ2n) is 4.50. The summed E-state index contributed by atoms with van der Waals surface area (Å²) >= 11 is 0. The molecule has 0 atom stereocenters. The molecule has 0 amide bonds. The van der Waals surface area contributed by atoms with Crippen molar-refractivity contribution in [3.63, 3.8) is 0 Å². The minimum absolute atomic E-state index is 0.933.